The molecule has 0 aliphatic carbocycles. The lowest BCUT2D eigenvalue weighted by Gasteiger charge is -2.09. The zero-order valence-corrected chi connectivity index (χ0v) is 13.7. The summed E-state index contributed by atoms with van der Waals surface area (Å²) < 4.78 is 3.04. The van der Waals surface area contributed by atoms with Gasteiger partial charge in [0, 0.05) is 19.6 Å². The first-order valence-electron chi connectivity index (χ1n) is 4.90. The van der Waals surface area contributed by atoms with Crippen molar-refractivity contribution < 1.29 is 0 Å². The van der Waals surface area contributed by atoms with Crippen LogP contribution in [-0.2, 0) is 0 Å². The average molecular weight is 421 g/mol. The van der Waals surface area contributed by atoms with E-state index in [0.717, 1.165) is 30.5 Å². The lowest BCUT2D eigenvalue weighted by Crippen LogP contribution is -1.95. The Labute approximate surface area is 125 Å². The van der Waals surface area contributed by atoms with Gasteiger partial charge in [0.2, 0.25) is 0 Å². The maximum absolute atomic E-state index is 4.31. The molecule has 88 valence electrons. The molecule has 0 atom stereocenters. The van der Waals surface area contributed by atoms with E-state index in [1.165, 1.54) is 0 Å². The van der Waals surface area contributed by atoms with Crippen LogP contribution >= 0.6 is 47.8 Å². The molecular formula is C12H9Br3N2. The molecule has 0 amide bonds. The van der Waals surface area contributed by atoms with Gasteiger partial charge in [0.15, 0.2) is 0 Å². The standard InChI is InChI=1S/C12H9Br3N2/c1-7-4-12(16-6-10(7)15)17-11-5-8(13)2-3-9(11)14/h2-6H,1H3,(H,16,17). The van der Waals surface area contributed by atoms with Crippen LogP contribution in [0.4, 0.5) is 11.5 Å². The Kier molecular flexibility index (Phi) is 4.22. The molecule has 2 aromatic rings. The van der Waals surface area contributed by atoms with Crippen LogP contribution in [0.5, 0.6) is 0 Å². The van der Waals surface area contributed by atoms with Crippen LogP contribution in [0.1, 0.15) is 5.56 Å². The number of nitrogens with one attached hydrogen (secondary N) is 1. The molecule has 0 fully saturated rings. The largest absolute Gasteiger partial charge is 0.339 e. The number of pyridine rings is 1. The zero-order valence-electron chi connectivity index (χ0n) is 8.97. The minimum absolute atomic E-state index is 0.824. The van der Waals surface area contributed by atoms with Crippen molar-refractivity contribution in [2.24, 2.45) is 0 Å². The van der Waals surface area contributed by atoms with Crippen LogP contribution in [0, 0.1) is 6.92 Å². The molecule has 0 aliphatic heterocycles. The molecule has 0 bridgehead atoms. The maximum atomic E-state index is 4.31. The van der Waals surface area contributed by atoms with E-state index in [1.54, 1.807) is 6.20 Å². The summed E-state index contributed by atoms with van der Waals surface area (Å²) in [6.07, 6.45) is 1.80. The quantitative estimate of drug-likeness (QED) is 0.701. The fourth-order valence-electron chi connectivity index (χ4n) is 1.34. The van der Waals surface area contributed by atoms with Crippen molar-refractivity contribution in [1.29, 1.82) is 0 Å². The first kappa shape index (κ1) is 13.1. The third-order valence-corrected chi connectivity index (χ3v) is 4.25. The average Bonchev–Trinajstić information content (AvgIpc) is 2.29. The summed E-state index contributed by atoms with van der Waals surface area (Å²) in [7, 11) is 0. The summed E-state index contributed by atoms with van der Waals surface area (Å²) >= 11 is 10.4. The van der Waals surface area contributed by atoms with Crippen LogP contribution in [0.25, 0.3) is 0 Å². The Bertz CT molecular complexity index is 555. The van der Waals surface area contributed by atoms with Gasteiger partial charge in [-0.2, -0.15) is 0 Å². The normalized spacial score (nSPS) is 10.4. The van der Waals surface area contributed by atoms with Crippen molar-refractivity contribution in [2.45, 2.75) is 6.92 Å². The first-order chi connectivity index (χ1) is 8.06. The number of aromatic nitrogens is 1. The van der Waals surface area contributed by atoms with E-state index >= 15 is 0 Å². The number of anilines is 2. The fourth-order valence-corrected chi connectivity index (χ4v) is 2.26. The Morgan fingerprint density at radius 2 is 1.82 bits per heavy atom. The van der Waals surface area contributed by atoms with Crippen LogP contribution in [0.2, 0.25) is 0 Å². The highest BCUT2D eigenvalue weighted by Crippen LogP contribution is 2.29. The summed E-state index contributed by atoms with van der Waals surface area (Å²) in [4.78, 5) is 4.31. The van der Waals surface area contributed by atoms with Crippen molar-refractivity contribution in [3.8, 4) is 0 Å². The molecule has 0 saturated heterocycles. The van der Waals surface area contributed by atoms with Crippen LogP contribution in [-0.4, -0.2) is 4.98 Å². The predicted molar refractivity (Wildman–Crippen MR) is 81.8 cm³/mol. The van der Waals surface area contributed by atoms with Gasteiger partial charge in [0.25, 0.3) is 0 Å². The molecular weight excluding hydrogens is 412 g/mol. The van der Waals surface area contributed by atoms with E-state index in [1.807, 2.05) is 31.2 Å². The van der Waals surface area contributed by atoms with Gasteiger partial charge in [-0.15, -0.1) is 0 Å². The third kappa shape index (κ3) is 3.30. The third-order valence-electron chi connectivity index (χ3n) is 2.24. The van der Waals surface area contributed by atoms with Crippen LogP contribution < -0.4 is 5.32 Å². The molecule has 17 heavy (non-hydrogen) atoms. The molecule has 5 heteroatoms. The molecule has 0 saturated carbocycles. The van der Waals surface area contributed by atoms with Crippen molar-refractivity contribution in [2.75, 3.05) is 5.32 Å². The molecule has 0 aliphatic rings. The van der Waals surface area contributed by atoms with E-state index in [0.29, 0.717) is 0 Å². The Morgan fingerprint density at radius 3 is 2.53 bits per heavy atom. The lowest BCUT2D eigenvalue weighted by molar-refractivity contribution is 1.25. The topological polar surface area (TPSA) is 24.9 Å². The highest BCUT2D eigenvalue weighted by atomic mass is 79.9. The molecule has 2 nitrogen and oxygen atoms in total. The molecule has 0 radical (unpaired) electrons. The van der Waals surface area contributed by atoms with Crippen LogP contribution in [0.3, 0.4) is 0 Å². The zero-order chi connectivity index (χ0) is 12.4. The van der Waals surface area contributed by atoms with Crippen LogP contribution in [0.15, 0.2) is 43.9 Å². The van der Waals surface area contributed by atoms with Gasteiger partial charge in [0.05, 0.1) is 5.69 Å². The summed E-state index contributed by atoms with van der Waals surface area (Å²) in [5, 5.41) is 3.27. The number of aryl methyl sites for hydroxylation is 1. The molecule has 0 spiro atoms. The first-order valence-corrected chi connectivity index (χ1v) is 7.28. The van der Waals surface area contributed by atoms with Gasteiger partial charge in [-0.3, -0.25) is 0 Å². The number of nitrogens with zero attached hydrogens (tertiary/aromatic N) is 1. The van der Waals surface area contributed by atoms with Gasteiger partial charge >= 0.3 is 0 Å². The minimum Gasteiger partial charge on any atom is -0.339 e. The number of hydrogen-bond acceptors (Lipinski definition) is 2. The summed E-state index contributed by atoms with van der Waals surface area (Å²) in [5.74, 6) is 0.824. The Hall–Kier alpha value is -0.390. The molecule has 1 aromatic heterocycles. The van der Waals surface area contributed by atoms with E-state index in [-0.39, 0.29) is 0 Å². The molecule has 1 aromatic carbocycles. The maximum Gasteiger partial charge on any atom is 0.130 e. The Morgan fingerprint density at radius 1 is 1.06 bits per heavy atom. The second-order valence-corrected chi connectivity index (χ2v) is 6.19. The second kappa shape index (κ2) is 5.50. The van der Waals surface area contributed by atoms with E-state index in [2.05, 4.69) is 58.1 Å². The number of benzene rings is 1. The summed E-state index contributed by atoms with van der Waals surface area (Å²) in [6, 6.07) is 7.97. The van der Waals surface area contributed by atoms with Crippen molar-refractivity contribution in [3.63, 3.8) is 0 Å². The minimum atomic E-state index is 0.824. The molecule has 1 N–H and O–H groups in total. The number of hydrogen-bond donors (Lipinski definition) is 1. The smallest absolute Gasteiger partial charge is 0.130 e. The van der Waals surface area contributed by atoms with Crippen molar-refractivity contribution >= 4 is 59.3 Å². The fraction of sp³-hybridized carbons (Fsp3) is 0.0833. The van der Waals surface area contributed by atoms with Crippen molar-refractivity contribution in [1.82, 2.24) is 4.98 Å². The SMILES string of the molecule is Cc1cc(Nc2cc(Br)ccc2Br)ncc1Br. The number of halogens is 3. The number of rotatable bonds is 2. The Balaban J connectivity index is 2.31. The molecule has 0 unspecified atom stereocenters. The van der Waals surface area contributed by atoms with Gasteiger partial charge in [-0.1, -0.05) is 15.9 Å². The van der Waals surface area contributed by atoms with Gasteiger partial charge < -0.3 is 5.32 Å². The van der Waals surface area contributed by atoms with Crippen molar-refractivity contribution in [3.05, 3.63) is 49.4 Å². The van der Waals surface area contributed by atoms with E-state index in [4.69, 9.17) is 0 Å². The van der Waals surface area contributed by atoms with Gasteiger partial charge in [-0.25, -0.2) is 4.98 Å². The van der Waals surface area contributed by atoms with E-state index < -0.39 is 0 Å². The molecule has 1 heterocycles. The second-order valence-electron chi connectivity index (χ2n) is 3.57. The molecule has 2 rings (SSSR count). The lowest BCUT2D eigenvalue weighted by atomic mass is 10.3. The van der Waals surface area contributed by atoms with Gasteiger partial charge in [-0.05, 0) is 68.6 Å². The highest BCUT2D eigenvalue weighted by molar-refractivity contribution is 9.11. The summed E-state index contributed by atoms with van der Waals surface area (Å²) in [5.41, 5.74) is 2.13. The van der Waals surface area contributed by atoms with Gasteiger partial charge in [0.1, 0.15) is 5.82 Å². The monoisotopic (exact) mass is 418 g/mol. The highest BCUT2D eigenvalue weighted by Gasteiger charge is 2.03. The predicted octanol–water partition coefficient (Wildman–Crippen LogP) is 5.42. The summed E-state index contributed by atoms with van der Waals surface area (Å²) in [6.45, 7) is 2.03. The van der Waals surface area contributed by atoms with E-state index in [9.17, 15) is 0 Å².